The molecule has 9 nitrogen and oxygen atoms in total. The monoisotopic (exact) mass is 449 g/mol. The molecule has 0 saturated carbocycles. The van der Waals surface area contributed by atoms with Crippen molar-refractivity contribution in [2.75, 3.05) is 6.54 Å². The van der Waals surface area contributed by atoms with E-state index in [0.717, 1.165) is 74.7 Å². The maximum absolute atomic E-state index is 4.95. The first-order chi connectivity index (χ1) is 16.7. The Labute approximate surface area is 195 Å². The quantitative estimate of drug-likeness (QED) is 0.352. The molecule has 3 N–H and O–H groups in total. The molecular formula is C25H23N9. The van der Waals surface area contributed by atoms with Gasteiger partial charge in [0.25, 0.3) is 0 Å². The normalized spacial score (nSPS) is 11.6. The Morgan fingerprint density at radius 1 is 1.09 bits per heavy atom. The molecule has 34 heavy (non-hydrogen) atoms. The van der Waals surface area contributed by atoms with E-state index in [0.29, 0.717) is 0 Å². The molecule has 0 aliphatic heterocycles. The average molecular weight is 450 g/mol. The van der Waals surface area contributed by atoms with E-state index in [1.165, 1.54) is 0 Å². The molecule has 0 aliphatic carbocycles. The third-order valence-corrected chi connectivity index (χ3v) is 5.83. The summed E-state index contributed by atoms with van der Waals surface area (Å²) in [7, 11) is 0. The van der Waals surface area contributed by atoms with Crippen LogP contribution in [0.3, 0.4) is 0 Å². The largest absolute Gasteiger partial charge is 0.338 e. The Balaban J connectivity index is 1.44. The molecule has 0 fully saturated rings. The highest BCUT2D eigenvalue weighted by molar-refractivity contribution is 5.95. The Hall–Kier alpha value is -4.37. The highest BCUT2D eigenvalue weighted by atomic mass is 15.1. The van der Waals surface area contributed by atoms with Crippen LogP contribution < -0.4 is 5.32 Å². The van der Waals surface area contributed by atoms with E-state index in [1.807, 2.05) is 54.6 Å². The van der Waals surface area contributed by atoms with Gasteiger partial charge in [-0.05, 0) is 49.4 Å². The molecule has 6 aromatic rings. The summed E-state index contributed by atoms with van der Waals surface area (Å²) in [6.07, 6.45) is 9.32. The summed E-state index contributed by atoms with van der Waals surface area (Å²) in [5, 5.41) is 12.0. The zero-order valence-corrected chi connectivity index (χ0v) is 18.9. The first-order valence-corrected chi connectivity index (χ1v) is 11.2. The van der Waals surface area contributed by atoms with Gasteiger partial charge < -0.3 is 14.9 Å². The van der Waals surface area contributed by atoms with Crippen molar-refractivity contribution >= 4 is 22.1 Å². The Morgan fingerprint density at radius 2 is 2.03 bits per heavy atom. The van der Waals surface area contributed by atoms with Crippen LogP contribution in [-0.4, -0.2) is 46.2 Å². The molecular weight excluding hydrogens is 426 g/mol. The highest BCUT2D eigenvalue weighted by Crippen LogP contribution is 2.31. The Kier molecular flexibility index (Phi) is 4.88. The van der Waals surface area contributed by atoms with Crippen molar-refractivity contribution in [2.24, 2.45) is 0 Å². The molecule has 0 saturated heterocycles. The van der Waals surface area contributed by atoms with Gasteiger partial charge in [-0.2, -0.15) is 5.10 Å². The van der Waals surface area contributed by atoms with Gasteiger partial charge in [0.2, 0.25) is 0 Å². The molecule has 0 aromatic carbocycles. The average Bonchev–Trinajstić information content (AvgIpc) is 3.59. The minimum atomic E-state index is 0.749. The van der Waals surface area contributed by atoms with Crippen LogP contribution in [0.2, 0.25) is 0 Å². The summed E-state index contributed by atoms with van der Waals surface area (Å²) in [4.78, 5) is 21.6. The highest BCUT2D eigenvalue weighted by Gasteiger charge is 2.16. The van der Waals surface area contributed by atoms with Crippen LogP contribution in [0.1, 0.15) is 18.2 Å². The van der Waals surface area contributed by atoms with E-state index in [9.17, 15) is 0 Å². The van der Waals surface area contributed by atoms with Crippen molar-refractivity contribution < 1.29 is 0 Å². The number of aromatic nitrogens is 8. The number of imidazole rings is 1. The molecule has 0 amide bonds. The van der Waals surface area contributed by atoms with Crippen LogP contribution in [0.4, 0.5) is 0 Å². The number of fused-ring (bicyclic) bond motifs is 2. The first kappa shape index (κ1) is 20.3. The smallest absolute Gasteiger partial charge is 0.139 e. The standard InChI is InChI=1S/C25H23N9/c1-3-26-10-16-8-17(12-27-11-16)19-4-5-20-23(30-19)24(33-32-20)21-9-18-22(6-7-28-25(18)31-21)34-13-15(2)29-14-34/h4-9,11-14,26H,3,10H2,1-2H3,(H,28,31)(H,32,33). The van der Waals surface area contributed by atoms with Crippen LogP contribution in [0.5, 0.6) is 0 Å². The van der Waals surface area contributed by atoms with Crippen molar-refractivity contribution in [2.45, 2.75) is 20.4 Å². The number of H-pyrrole nitrogens is 2. The lowest BCUT2D eigenvalue weighted by atomic mass is 10.1. The number of hydrogen-bond donors (Lipinski definition) is 3. The van der Waals surface area contributed by atoms with Gasteiger partial charge in [0, 0.05) is 42.3 Å². The third-order valence-electron chi connectivity index (χ3n) is 5.83. The lowest BCUT2D eigenvalue weighted by Crippen LogP contribution is -2.11. The fourth-order valence-electron chi connectivity index (χ4n) is 4.16. The fourth-order valence-corrected chi connectivity index (χ4v) is 4.16. The van der Waals surface area contributed by atoms with E-state index in [1.54, 1.807) is 6.20 Å². The topological polar surface area (TPSA) is 113 Å². The van der Waals surface area contributed by atoms with Gasteiger partial charge in [-0.25, -0.2) is 15.0 Å². The van der Waals surface area contributed by atoms with Crippen LogP contribution in [0.25, 0.3) is 50.4 Å². The Bertz CT molecular complexity index is 1620. The van der Waals surface area contributed by atoms with Crippen molar-refractivity contribution in [1.82, 2.24) is 45.0 Å². The van der Waals surface area contributed by atoms with E-state index in [-0.39, 0.29) is 0 Å². The van der Waals surface area contributed by atoms with E-state index in [4.69, 9.17) is 4.98 Å². The van der Waals surface area contributed by atoms with Gasteiger partial charge in [0.1, 0.15) is 16.9 Å². The van der Waals surface area contributed by atoms with Gasteiger partial charge in [-0.1, -0.05) is 6.92 Å². The zero-order valence-electron chi connectivity index (χ0n) is 18.9. The second-order valence-corrected chi connectivity index (χ2v) is 8.22. The molecule has 9 heteroatoms. The minimum Gasteiger partial charge on any atom is -0.338 e. The summed E-state index contributed by atoms with van der Waals surface area (Å²) in [5.41, 5.74) is 8.95. The van der Waals surface area contributed by atoms with Gasteiger partial charge >= 0.3 is 0 Å². The maximum atomic E-state index is 4.95. The molecule has 0 spiro atoms. The maximum Gasteiger partial charge on any atom is 0.139 e. The second-order valence-electron chi connectivity index (χ2n) is 8.22. The lowest BCUT2D eigenvalue weighted by Gasteiger charge is -2.05. The summed E-state index contributed by atoms with van der Waals surface area (Å²) < 4.78 is 2.00. The number of nitrogens with one attached hydrogen (secondary N) is 3. The number of hydrogen-bond acceptors (Lipinski definition) is 6. The molecule has 6 rings (SSSR count). The number of pyridine rings is 3. The van der Waals surface area contributed by atoms with Gasteiger partial charge in [-0.3, -0.25) is 10.1 Å². The fraction of sp³-hybridized carbons (Fsp3) is 0.160. The number of rotatable bonds is 6. The zero-order chi connectivity index (χ0) is 23.1. The molecule has 0 aliphatic rings. The summed E-state index contributed by atoms with van der Waals surface area (Å²) >= 11 is 0. The predicted molar refractivity (Wildman–Crippen MR) is 131 cm³/mol. The molecule has 6 aromatic heterocycles. The second kappa shape index (κ2) is 8.20. The third kappa shape index (κ3) is 3.52. The summed E-state index contributed by atoms with van der Waals surface area (Å²) in [6.45, 7) is 5.75. The number of aromatic amines is 2. The van der Waals surface area contributed by atoms with Gasteiger partial charge in [0.05, 0.1) is 34.6 Å². The van der Waals surface area contributed by atoms with Gasteiger partial charge in [-0.15, -0.1) is 0 Å². The molecule has 0 unspecified atom stereocenters. The molecule has 6 heterocycles. The first-order valence-electron chi connectivity index (χ1n) is 11.2. The van der Waals surface area contributed by atoms with Crippen molar-refractivity contribution in [3.05, 3.63) is 72.7 Å². The molecule has 0 bridgehead atoms. The molecule has 168 valence electrons. The van der Waals surface area contributed by atoms with Gasteiger partial charge in [0.15, 0.2) is 0 Å². The van der Waals surface area contributed by atoms with Crippen LogP contribution >= 0.6 is 0 Å². The summed E-state index contributed by atoms with van der Waals surface area (Å²) in [5.74, 6) is 0. The van der Waals surface area contributed by atoms with E-state index in [2.05, 4.69) is 54.5 Å². The van der Waals surface area contributed by atoms with Crippen molar-refractivity contribution in [3.63, 3.8) is 0 Å². The minimum absolute atomic E-state index is 0.749. The summed E-state index contributed by atoms with van der Waals surface area (Å²) in [6, 6.07) is 10.2. The van der Waals surface area contributed by atoms with Crippen LogP contribution in [0.15, 0.2) is 61.4 Å². The van der Waals surface area contributed by atoms with Crippen LogP contribution in [0, 0.1) is 6.92 Å². The van der Waals surface area contributed by atoms with Crippen molar-refractivity contribution in [1.29, 1.82) is 0 Å². The molecule has 0 atom stereocenters. The predicted octanol–water partition coefficient (Wildman–Crippen LogP) is 4.17. The Morgan fingerprint density at radius 3 is 2.88 bits per heavy atom. The van der Waals surface area contributed by atoms with E-state index >= 15 is 0 Å². The lowest BCUT2D eigenvalue weighted by molar-refractivity contribution is 0.724. The van der Waals surface area contributed by atoms with Crippen LogP contribution in [-0.2, 0) is 6.54 Å². The van der Waals surface area contributed by atoms with E-state index < -0.39 is 0 Å². The number of aryl methyl sites for hydroxylation is 1. The molecule has 0 radical (unpaired) electrons. The van der Waals surface area contributed by atoms with Crippen molar-refractivity contribution in [3.8, 4) is 28.3 Å². The SMILES string of the molecule is CCNCc1cncc(-c2ccc3[nH]nc(-c4cc5c(-n6cnc(C)c6)ccnc5[nH]4)c3n2)c1. The number of nitrogens with zero attached hydrogens (tertiary/aromatic N) is 6.